The molecular formula is C12H14ClN3O3S2. The van der Waals surface area contributed by atoms with Gasteiger partial charge in [-0.3, -0.25) is 9.48 Å². The van der Waals surface area contributed by atoms with Crippen molar-refractivity contribution in [3.63, 3.8) is 0 Å². The van der Waals surface area contributed by atoms with Crippen LogP contribution in [-0.2, 0) is 17.1 Å². The maximum Gasteiger partial charge on any atom is 0.284 e. The molecule has 0 bridgehead atoms. The van der Waals surface area contributed by atoms with E-state index in [0.29, 0.717) is 10.6 Å². The number of aromatic nitrogens is 2. The van der Waals surface area contributed by atoms with Gasteiger partial charge in [0.05, 0.1) is 10.7 Å². The van der Waals surface area contributed by atoms with E-state index in [9.17, 15) is 13.2 Å². The van der Waals surface area contributed by atoms with E-state index in [4.69, 9.17) is 11.6 Å². The van der Waals surface area contributed by atoms with Crippen molar-refractivity contribution in [3.05, 3.63) is 32.2 Å². The van der Waals surface area contributed by atoms with Gasteiger partial charge in [0.2, 0.25) is 0 Å². The second-order valence-electron chi connectivity index (χ2n) is 4.58. The highest BCUT2D eigenvalue weighted by atomic mass is 35.5. The minimum atomic E-state index is -3.93. The normalized spacial score (nSPS) is 11.7. The van der Waals surface area contributed by atoms with Crippen molar-refractivity contribution >= 4 is 38.9 Å². The largest absolute Gasteiger partial charge is 0.284 e. The molecule has 2 aromatic rings. The van der Waals surface area contributed by atoms with Gasteiger partial charge >= 0.3 is 0 Å². The van der Waals surface area contributed by atoms with Crippen molar-refractivity contribution in [2.24, 2.45) is 7.05 Å². The van der Waals surface area contributed by atoms with Gasteiger partial charge in [-0.25, -0.2) is 13.1 Å². The van der Waals surface area contributed by atoms with E-state index in [-0.39, 0.29) is 15.6 Å². The molecule has 21 heavy (non-hydrogen) atoms. The van der Waals surface area contributed by atoms with Crippen LogP contribution in [0, 0.1) is 20.8 Å². The standard InChI is InChI=1S/C12H14ClN3O3S2/c1-6-5-9(8(3)20-6)21(18,19)15-12(17)11-10(13)7(2)14-16(11)4/h5H,1-4H3,(H,15,17). The molecule has 1 amide bonds. The van der Waals surface area contributed by atoms with Crippen LogP contribution in [0.15, 0.2) is 11.0 Å². The number of thiophene rings is 1. The Morgan fingerprint density at radius 3 is 2.43 bits per heavy atom. The van der Waals surface area contributed by atoms with Crippen LogP contribution in [0.4, 0.5) is 0 Å². The van der Waals surface area contributed by atoms with Gasteiger partial charge in [0.1, 0.15) is 10.6 Å². The number of hydrogen-bond donors (Lipinski definition) is 1. The van der Waals surface area contributed by atoms with E-state index in [1.54, 1.807) is 20.8 Å². The fraction of sp³-hybridized carbons (Fsp3) is 0.333. The summed E-state index contributed by atoms with van der Waals surface area (Å²) in [4.78, 5) is 13.8. The van der Waals surface area contributed by atoms with Gasteiger partial charge in [0.25, 0.3) is 15.9 Å². The average molecular weight is 348 g/mol. The Labute approximate surface area is 131 Å². The van der Waals surface area contributed by atoms with Crippen LogP contribution in [-0.4, -0.2) is 24.1 Å². The molecule has 0 saturated heterocycles. The molecule has 0 saturated carbocycles. The van der Waals surface area contributed by atoms with Crippen molar-refractivity contribution in [2.75, 3.05) is 0 Å². The van der Waals surface area contributed by atoms with E-state index < -0.39 is 15.9 Å². The molecule has 114 valence electrons. The van der Waals surface area contributed by atoms with E-state index in [1.165, 1.54) is 29.1 Å². The highest BCUT2D eigenvalue weighted by Gasteiger charge is 2.26. The number of sulfonamides is 1. The maximum atomic E-state index is 12.3. The molecule has 0 aromatic carbocycles. The number of rotatable bonds is 3. The lowest BCUT2D eigenvalue weighted by Gasteiger charge is -2.07. The van der Waals surface area contributed by atoms with Crippen molar-refractivity contribution in [1.29, 1.82) is 0 Å². The summed E-state index contributed by atoms with van der Waals surface area (Å²) >= 11 is 7.34. The van der Waals surface area contributed by atoms with Crippen LogP contribution < -0.4 is 4.72 Å². The molecular weight excluding hydrogens is 334 g/mol. The van der Waals surface area contributed by atoms with Crippen LogP contribution in [0.3, 0.4) is 0 Å². The minimum absolute atomic E-state index is 0.0161. The number of hydrogen-bond acceptors (Lipinski definition) is 5. The molecule has 0 radical (unpaired) electrons. The number of carbonyl (C=O) groups excluding carboxylic acids is 1. The summed E-state index contributed by atoms with van der Waals surface area (Å²) in [7, 11) is -2.40. The Kier molecular flexibility index (Phi) is 4.14. The quantitative estimate of drug-likeness (QED) is 0.922. The van der Waals surface area contributed by atoms with E-state index in [1.807, 2.05) is 4.72 Å². The van der Waals surface area contributed by atoms with Gasteiger partial charge in [-0.15, -0.1) is 11.3 Å². The summed E-state index contributed by atoms with van der Waals surface area (Å²) in [6, 6.07) is 1.53. The highest BCUT2D eigenvalue weighted by Crippen LogP contribution is 2.25. The van der Waals surface area contributed by atoms with E-state index in [2.05, 4.69) is 5.10 Å². The summed E-state index contributed by atoms with van der Waals surface area (Å²) in [5, 5.41) is 4.13. The first-order valence-corrected chi connectivity index (χ1v) is 8.64. The summed E-state index contributed by atoms with van der Waals surface area (Å²) in [6.45, 7) is 5.14. The van der Waals surface area contributed by atoms with Gasteiger partial charge < -0.3 is 0 Å². The fourth-order valence-corrected chi connectivity index (χ4v) is 4.73. The molecule has 1 N–H and O–H groups in total. The average Bonchev–Trinajstić information content (AvgIpc) is 2.79. The molecule has 0 fully saturated rings. The number of carbonyl (C=O) groups is 1. The van der Waals surface area contributed by atoms with Crippen molar-refractivity contribution in [2.45, 2.75) is 25.7 Å². The molecule has 0 aliphatic rings. The smallest absolute Gasteiger partial charge is 0.266 e. The fourth-order valence-electron chi connectivity index (χ4n) is 1.98. The highest BCUT2D eigenvalue weighted by molar-refractivity contribution is 7.90. The molecule has 0 atom stereocenters. The molecule has 9 heteroatoms. The number of aryl methyl sites for hydroxylation is 4. The molecule has 0 aliphatic heterocycles. The van der Waals surface area contributed by atoms with Gasteiger partial charge in [0.15, 0.2) is 0 Å². The van der Waals surface area contributed by atoms with Crippen LogP contribution >= 0.6 is 22.9 Å². The van der Waals surface area contributed by atoms with Gasteiger partial charge in [-0.1, -0.05) is 11.6 Å². The first-order valence-electron chi connectivity index (χ1n) is 5.96. The lowest BCUT2D eigenvalue weighted by molar-refractivity contribution is 0.0972. The van der Waals surface area contributed by atoms with Crippen LogP contribution in [0.25, 0.3) is 0 Å². The SMILES string of the molecule is Cc1cc(S(=O)(=O)NC(=O)c2c(Cl)c(C)nn2C)c(C)s1. The van der Waals surface area contributed by atoms with E-state index in [0.717, 1.165) is 4.88 Å². The summed E-state index contributed by atoms with van der Waals surface area (Å²) in [5.74, 6) is -0.800. The lowest BCUT2D eigenvalue weighted by Crippen LogP contribution is -2.32. The minimum Gasteiger partial charge on any atom is -0.266 e. The molecule has 0 unspecified atom stereocenters. The molecule has 6 nitrogen and oxygen atoms in total. The van der Waals surface area contributed by atoms with E-state index >= 15 is 0 Å². The Morgan fingerprint density at radius 2 is 2.00 bits per heavy atom. The number of halogens is 1. The zero-order valence-corrected chi connectivity index (χ0v) is 14.3. The van der Waals surface area contributed by atoms with Gasteiger partial charge in [-0.2, -0.15) is 5.10 Å². The first-order chi connectivity index (χ1) is 9.63. The Hall–Kier alpha value is -1.38. The monoisotopic (exact) mass is 347 g/mol. The third-order valence-corrected chi connectivity index (χ3v) is 5.88. The Bertz CT molecular complexity index is 821. The Morgan fingerprint density at radius 1 is 1.38 bits per heavy atom. The summed E-state index contributed by atoms with van der Waals surface area (Å²) in [6.07, 6.45) is 0. The van der Waals surface area contributed by atoms with Crippen LogP contribution in [0.5, 0.6) is 0 Å². The first kappa shape index (κ1) is 16.0. The third kappa shape index (κ3) is 2.97. The molecule has 2 aromatic heterocycles. The lowest BCUT2D eigenvalue weighted by atomic mass is 10.3. The topological polar surface area (TPSA) is 81.1 Å². The second kappa shape index (κ2) is 5.43. The summed E-state index contributed by atoms with van der Waals surface area (Å²) < 4.78 is 27.9. The Balaban J connectivity index is 2.37. The summed E-state index contributed by atoms with van der Waals surface area (Å²) in [5.41, 5.74) is 0.478. The third-order valence-electron chi connectivity index (χ3n) is 2.88. The predicted octanol–water partition coefficient (Wildman–Crippen LogP) is 2.18. The van der Waals surface area contributed by atoms with Crippen molar-refractivity contribution < 1.29 is 13.2 Å². The number of amides is 1. The zero-order chi connectivity index (χ0) is 15.9. The maximum absolute atomic E-state index is 12.3. The number of nitrogens with zero attached hydrogens (tertiary/aromatic N) is 2. The van der Waals surface area contributed by atoms with Crippen LogP contribution in [0.2, 0.25) is 5.02 Å². The molecule has 2 heterocycles. The molecule has 2 rings (SSSR count). The molecule has 0 spiro atoms. The van der Waals surface area contributed by atoms with Gasteiger partial charge in [0, 0.05) is 16.8 Å². The molecule has 0 aliphatic carbocycles. The predicted molar refractivity (Wildman–Crippen MR) is 81.4 cm³/mol. The van der Waals surface area contributed by atoms with Crippen molar-refractivity contribution in [1.82, 2.24) is 14.5 Å². The van der Waals surface area contributed by atoms with Gasteiger partial charge in [-0.05, 0) is 26.8 Å². The van der Waals surface area contributed by atoms with Crippen molar-refractivity contribution in [3.8, 4) is 0 Å². The number of nitrogens with one attached hydrogen (secondary N) is 1. The zero-order valence-electron chi connectivity index (χ0n) is 11.9. The van der Waals surface area contributed by atoms with Crippen LogP contribution in [0.1, 0.15) is 25.9 Å². The second-order valence-corrected chi connectivity index (χ2v) is 8.07.